The minimum absolute atomic E-state index is 0.00834. The maximum Gasteiger partial charge on any atom is 0.333 e. The molecule has 3 heterocycles. The molecule has 12 nitrogen and oxygen atoms in total. The fourth-order valence-corrected chi connectivity index (χ4v) is 4.54. The van der Waals surface area contributed by atoms with Gasteiger partial charge in [-0.1, -0.05) is 6.92 Å². The predicted octanol–water partition coefficient (Wildman–Crippen LogP) is 3.02. The third-order valence-corrected chi connectivity index (χ3v) is 6.64. The molecule has 2 amide bonds. The standard InChI is InChI=1S/C27H29F2N7O5/c1-3-10-34-24-22(25(38)36(27(34)40)17-6-7-17)32-23(33-24)15-4-9-21(30-12-15)35(13-18(37)14-41-2)26(39)31-16-5-8-19(28)20(29)11-16/h4-5,8-9,11-12,17-18,37H,3,6-7,10,13-14H2,1-2H3,(H,31,39)(H,32,33). The summed E-state index contributed by atoms with van der Waals surface area (Å²) in [5, 5.41) is 12.8. The van der Waals surface area contributed by atoms with Crippen molar-refractivity contribution in [2.75, 3.05) is 30.5 Å². The number of anilines is 2. The number of carbonyl (C=O) groups is 1. The fraction of sp³-hybridized carbons (Fsp3) is 0.370. The van der Waals surface area contributed by atoms with Gasteiger partial charge in [0.05, 0.1) is 19.3 Å². The van der Waals surface area contributed by atoms with Crippen molar-refractivity contribution in [3.05, 3.63) is 69.0 Å². The number of H-pyrrole nitrogens is 1. The zero-order valence-electron chi connectivity index (χ0n) is 22.4. The third kappa shape index (κ3) is 5.74. The van der Waals surface area contributed by atoms with E-state index in [0.29, 0.717) is 24.4 Å². The quantitative estimate of drug-likeness (QED) is 0.266. The van der Waals surface area contributed by atoms with Crippen molar-refractivity contribution >= 4 is 28.7 Å². The van der Waals surface area contributed by atoms with E-state index in [2.05, 4.69) is 20.3 Å². The predicted molar refractivity (Wildman–Crippen MR) is 147 cm³/mol. The van der Waals surface area contributed by atoms with Crippen LogP contribution in [0.2, 0.25) is 0 Å². The van der Waals surface area contributed by atoms with Crippen molar-refractivity contribution in [2.45, 2.75) is 44.9 Å². The maximum absolute atomic E-state index is 13.7. The number of aromatic nitrogens is 5. The molecule has 1 aliphatic carbocycles. The molecule has 14 heteroatoms. The minimum Gasteiger partial charge on any atom is -0.389 e. The van der Waals surface area contributed by atoms with Crippen LogP contribution in [0.5, 0.6) is 0 Å². The van der Waals surface area contributed by atoms with E-state index < -0.39 is 29.3 Å². The zero-order chi connectivity index (χ0) is 29.3. The van der Waals surface area contributed by atoms with E-state index in [1.807, 2.05) is 6.92 Å². The number of amides is 2. The van der Waals surface area contributed by atoms with Gasteiger partial charge in [0.15, 0.2) is 17.3 Å². The molecular weight excluding hydrogens is 540 g/mol. The number of nitrogens with one attached hydrogen (secondary N) is 2. The highest BCUT2D eigenvalue weighted by atomic mass is 19.2. The Bertz CT molecular complexity index is 1700. The highest BCUT2D eigenvalue weighted by molar-refractivity contribution is 6.01. The first-order chi connectivity index (χ1) is 19.7. The van der Waals surface area contributed by atoms with Crippen LogP contribution in [-0.4, -0.2) is 61.6 Å². The molecule has 0 saturated heterocycles. The van der Waals surface area contributed by atoms with Gasteiger partial charge >= 0.3 is 11.7 Å². The van der Waals surface area contributed by atoms with Crippen LogP contribution in [0.4, 0.5) is 25.1 Å². The smallest absolute Gasteiger partial charge is 0.333 e. The maximum atomic E-state index is 13.7. The number of hydrogen-bond acceptors (Lipinski definition) is 7. The van der Waals surface area contributed by atoms with Crippen molar-refractivity contribution < 1.29 is 23.4 Å². The summed E-state index contributed by atoms with van der Waals surface area (Å²) in [5.74, 6) is -1.74. The van der Waals surface area contributed by atoms with Crippen molar-refractivity contribution in [3.63, 3.8) is 0 Å². The first kappa shape index (κ1) is 28.1. The number of aliphatic hydroxyl groups excluding tert-OH is 1. The number of ether oxygens (including phenoxy) is 1. The number of fused-ring (bicyclic) bond motifs is 1. The molecule has 1 aromatic carbocycles. The number of halogens is 2. The highest BCUT2D eigenvalue weighted by Gasteiger charge is 2.30. The summed E-state index contributed by atoms with van der Waals surface area (Å²) in [7, 11) is 1.40. The summed E-state index contributed by atoms with van der Waals surface area (Å²) < 4.78 is 34.7. The minimum atomic E-state index is -1.13. The van der Waals surface area contributed by atoms with Crippen LogP contribution >= 0.6 is 0 Å². The van der Waals surface area contributed by atoms with E-state index in [1.165, 1.54) is 34.6 Å². The molecule has 1 atom stereocenters. The lowest BCUT2D eigenvalue weighted by Crippen LogP contribution is -2.42. The summed E-state index contributed by atoms with van der Waals surface area (Å²) in [6.45, 7) is 2.04. The van der Waals surface area contributed by atoms with Crippen molar-refractivity contribution in [2.24, 2.45) is 0 Å². The van der Waals surface area contributed by atoms with E-state index in [1.54, 1.807) is 6.07 Å². The van der Waals surface area contributed by atoms with Gasteiger partial charge in [-0.3, -0.25) is 18.8 Å². The molecule has 1 fully saturated rings. The van der Waals surface area contributed by atoms with Gasteiger partial charge in [0.2, 0.25) is 0 Å². The molecule has 1 aliphatic rings. The van der Waals surface area contributed by atoms with Gasteiger partial charge in [0.25, 0.3) is 5.56 Å². The van der Waals surface area contributed by atoms with Gasteiger partial charge in [0.1, 0.15) is 17.2 Å². The first-order valence-electron chi connectivity index (χ1n) is 13.1. The van der Waals surface area contributed by atoms with Crippen LogP contribution in [0.15, 0.2) is 46.1 Å². The lowest BCUT2D eigenvalue weighted by Gasteiger charge is -2.24. The molecule has 1 unspecified atom stereocenters. The van der Waals surface area contributed by atoms with Gasteiger partial charge in [-0.2, -0.15) is 0 Å². The van der Waals surface area contributed by atoms with Crippen LogP contribution < -0.4 is 21.5 Å². The third-order valence-electron chi connectivity index (χ3n) is 6.64. The Morgan fingerprint density at radius 2 is 2.02 bits per heavy atom. The molecule has 216 valence electrons. The van der Waals surface area contributed by atoms with Crippen molar-refractivity contribution in [1.29, 1.82) is 0 Å². The normalized spacial score (nSPS) is 13.9. The molecule has 1 saturated carbocycles. The van der Waals surface area contributed by atoms with Crippen LogP contribution in [-0.2, 0) is 11.3 Å². The van der Waals surface area contributed by atoms with Crippen LogP contribution in [0.1, 0.15) is 32.2 Å². The SMILES string of the molecule is CCCn1c(=O)n(C2CC2)c(=O)c2[nH]c(-c3ccc(N(CC(O)COC)C(=O)Nc4ccc(F)c(F)c4)nc3)nc21. The van der Waals surface area contributed by atoms with Crippen LogP contribution in [0, 0.1) is 11.6 Å². The van der Waals surface area contributed by atoms with E-state index in [0.717, 1.165) is 29.9 Å². The van der Waals surface area contributed by atoms with Gasteiger partial charge in [0, 0.05) is 43.2 Å². The number of urea groups is 1. The summed E-state index contributed by atoms with van der Waals surface area (Å²) in [4.78, 5) is 52.3. The number of aliphatic hydroxyl groups is 1. The average Bonchev–Trinajstić information content (AvgIpc) is 3.68. The fourth-order valence-electron chi connectivity index (χ4n) is 4.54. The summed E-state index contributed by atoms with van der Waals surface area (Å²) >= 11 is 0. The second-order valence-corrected chi connectivity index (χ2v) is 9.81. The molecule has 0 bridgehead atoms. The summed E-state index contributed by atoms with van der Waals surface area (Å²) in [6, 6.07) is 5.19. The summed E-state index contributed by atoms with van der Waals surface area (Å²) in [6.07, 6.45) is 2.58. The Balaban J connectivity index is 1.47. The second kappa shape index (κ2) is 11.6. The van der Waals surface area contributed by atoms with Crippen LogP contribution in [0.3, 0.4) is 0 Å². The molecule has 0 spiro atoms. The second-order valence-electron chi connectivity index (χ2n) is 9.81. The topological polar surface area (TPSA) is 147 Å². The van der Waals surface area contributed by atoms with Gasteiger partial charge in [-0.15, -0.1) is 0 Å². The number of benzene rings is 1. The number of carbonyl (C=O) groups excluding carboxylic acids is 1. The Morgan fingerprint density at radius 1 is 1.24 bits per heavy atom. The number of aromatic amines is 1. The van der Waals surface area contributed by atoms with Crippen LogP contribution in [0.25, 0.3) is 22.6 Å². The number of aryl methyl sites for hydroxylation is 1. The number of imidazole rings is 1. The van der Waals surface area contributed by atoms with Gasteiger partial charge in [-0.25, -0.2) is 28.3 Å². The molecule has 4 aromatic rings. The zero-order valence-corrected chi connectivity index (χ0v) is 22.4. The molecule has 3 aromatic heterocycles. The monoisotopic (exact) mass is 569 g/mol. The van der Waals surface area contributed by atoms with E-state index in [4.69, 9.17) is 4.74 Å². The Kier molecular flexibility index (Phi) is 7.94. The molecular formula is C27H29F2N7O5. The van der Waals surface area contributed by atoms with E-state index in [-0.39, 0.29) is 47.6 Å². The Morgan fingerprint density at radius 3 is 2.66 bits per heavy atom. The van der Waals surface area contributed by atoms with E-state index >= 15 is 0 Å². The van der Waals surface area contributed by atoms with Crippen molar-refractivity contribution in [3.8, 4) is 11.4 Å². The number of methoxy groups -OCH3 is 1. The average molecular weight is 570 g/mol. The lowest BCUT2D eigenvalue weighted by atomic mass is 10.2. The first-order valence-corrected chi connectivity index (χ1v) is 13.1. The molecule has 3 N–H and O–H groups in total. The largest absolute Gasteiger partial charge is 0.389 e. The molecule has 5 rings (SSSR count). The molecule has 0 aliphatic heterocycles. The number of rotatable bonds is 10. The number of hydrogen-bond donors (Lipinski definition) is 3. The number of pyridine rings is 1. The molecule has 0 radical (unpaired) electrons. The van der Waals surface area contributed by atoms with Gasteiger partial charge in [-0.05, 0) is 43.5 Å². The number of nitrogens with zero attached hydrogens (tertiary/aromatic N) is 5. The van der Waals surface area contributed by atoms with Crippen molar-refractivity contribution in [1.82, 2.24) is 24.1 Å². The van der Waals surface area contributed by atoms with Gasteiger partial charge < -0.3 is 20.1 Å². The highest BCUT2D eigenvalue weighted by Crippen LogP contribution is 2.32. The molecule has 41 heavy (non-hydrogen) atoms. The summed E-state index contributed by atoms with van der Waals surface area (Å²) in [5.41, 5.74) is 0.170. The Hall–Kier alpha value is -4.43. The lowest BCUT2D eigenvalue weighted by molar-refractivity contribution is 0.0697. The van der Waals surface area contributed by atoms with E-state index in [9.17, 15) is 28.3 Å². The Labute approximate surface area is 232 Å².